The second-order valence-corrected chi connectivity index (χ2v) is 6.95. The molecule has 6 heteroatoms. The van der Waals surface area contributed by atoms with E-state index in [9.17, 15) is 4.79 Å². The number of hydrogen-bond donors (Lipinski definition) is 1. The number of fused-ring (bicyclic) bond motifs is 1. The molecule has 0 aliphatic rings. The van der Waals surface area contributed by atoms with Gasteiger partial charge in [-0.2, -0.15) is 0 Å². The molecule has 0 aliphatic carbocycles. The molecule has 0 spiro atoms. The summed E-state index contributed by atoms with van der Waals surface area (Å²) in [6.45, 7) is 0. The van der Waals surface area contributed by atoms with Gasteiger partial charge in [0.15, 0.2) is 4.96 Å². The minimum atomic E-state index is -0.156. The summed E-state index contributed by atoms with van der Waals surface area (Å²) in [5.74, 6) is -0.156. The predicted octanol–water partition coefficient (Wildman–Crippen LogP) is 4.78. The van der Waals surface area contributed by atoms with Gasteiger partial charge in [-0.1, -0.05) is 24.3 Å². The number of hydrogen-bond acceptors (Lipinski definition) is 4. The largest absolute Gasteiger partial charge is 0.322 e. The van der Waals surface area contributed by atoms with Gasteiger partial charge in [0, 0.05) is 34.3 Å². The van der Waals surface area contributed by atoms with Gasteiger partial charge in [-0.3, -0.25) is 9.20 Å². The van der Waals surface area contributed by atoms with E-state index in [2.05, 4.69) is 10.3 Å². The summed E-state index contributed by atoms with van der Waals surface area (Å²) in [6.07, 6.45) is 7.31. The topological polar surface area (TPSA) is 46.4 Å². The number of carbonyl (C=O) groups is 1. The molecular formula is C18H13N3OS2. The van der Waals surface area contributed by atoms with Crippen molar-refractivity contribution in [2.75, 3.05) is 5.32 Å². The van der Waals surface area contributed by atoms with Gasteiger partial charge in [0.1, 0.15) is 0 Å². The van der Waals surface area contributed by atoms with Gasteiger partial charge < -0.3 is 5.32 Å². The number of nitrogens with zero attached hydrogens (tertiary/aromatic N) is 2. The first-order valence-corrected chi connectivity index (χ1v) is 9.10. The summed E-state index contributed by atoms with van der Waals surface area (Å²) in [6, 6.07) is 11.6. The number of amides is 1. The SMILES string of the molecule is O=C(/C=C/c1cccs1)Nc1ccccc1-c1cn2ccsc2n1. The molecule has 3 heterocycles. The number of thiazole rings is 1. The summed E-state index contributed by atoms with van der Waals surface area (Å²) in [5.41, 5.74) is 2.51. The summed E-state index contributed by atoms with van der Waals surface area (Å²) in [7, 11) is 0. The number of para-hydroxylation sites is 1. The number of carbonyl (C=O) groups excluding carboxylic acids is 1. The third-order valence-electron chi connectivity index (χ3n) is 3.50. The molecule has 0 saturated carbocycles. The van der Waals surface area contributed by atoms with Crippen molar-refractivity contribution in [3.05, 3.63) is 70.5 Å². The molecule has 0 saturated heterocycles. The molecular weight excluding hydrogens is 338 g/mol. The van der Waals surface area contributed by atoms with Gasteiger partial charge in [0.25, 0.3) is 0 Å². The van der Waals surface area contributed by atoms with Crippen LogP contribution in [0.4, 0.5) is 5.69 Å². The molecule has 24 heavy (non-hydrogen) atoms. The Morgan fingerprint density at radius 3 is 2.88 bits per heavy atom. The van der Waals surface area contributed by atoms with Crippen LogP contribution in [0.15, 0.2) is 65.6 Å². The van der Waals surface area contributed by atoms with E-state index in [0.717, 1.165) is 26.8 Å². The van der Waals surface area contributed by atoms with E-state index in [4.69, 9.17) is 0 Å². The van der Waals surface area contributed by atoms with Crippen molar-refractivity contribution in [3.63, 3.8) is 0 Å². The van der Waals surface area contributed by atoms with Gasteiger partial charge in [0.05, 0.1) is 11.4 Å². The van der Waals surface area contributed by atoms with E-state index in [-0.39, 0.29) is 5.91 Å². The summed E-state index contributed by atoms with van der Waals surface area (Å²) in [5, 5.41) is 6.92. The Labute approximate surface area is 146 Å². The lowest BCUT2D eigenvalue weighted by atomic mass is 10.1. The van der Waals surface area contributed by atoms with E-state index >= 15 is 0 Å². The Kier molecular flexibility index (Phi) is 3.98. The molecule has 4 nitrogen and oxygen atoms in total. The smallest absolute Gasteiger partial charge is 0.248 e. The molecule has 1 amide bonds. The molecule has 0 atom stereocenters. The fraction of sp³-hybridized carbons (Fsp3) is 0. The van der Waals surface area contributed by atoms with Crippen LogP contribution in [-0.2, 0) is 4.79 Å². The number of aromatic nitrogens is 2. The maximum absolute atomic E-state index is 12.2. The molecule has 4 aromatic rings. The molecule has 0 bridgehead atoms. The number of rotatable bonds is 4. The van der Waals surface area contributed by atoms with E-state index < -0.39 is 0 Å². The first kappa shape index (κ1) is 14.9. The number of imidazole rings is 1. The van der Waals surface area contributed by atoms with Crippen LogP contribution in [0.2, 0.25) is 0 Å². The van der Waals surface area contributed by atoms with Crippen molar-refractivity contribution in [2.45, 2.75) is 0 Å². The Bertz CT molecular complexity index is 983. The predicted molar refractivity (Wildman–Crippen MR) is 100 cm³/mol. The highest BCUT2D eigenvalue weighted by molar-refractivity contribution is 7.15. The van der Waals surface area contributed by atoms with Gasteiger partial charge in [0.2, 0.25) is 5.91 Å². The van der Waals surface area contributed by atoms with Crippen LogP contribution in [0.1, 0.15) is 4.88 Å². The van der Waals surface area contributed by atoms with Gasteiger partial charge >= 0.3 is 0 Å². The highest BCUT2D eigenvalue weighted by atomic mass is 32.1. The Balaban J connectivity index is 1.59. The molecule has 0 fully saturated rings. The molecule has 0 unspecified atom stereocenters. The van der Waals surface area contributed by atoms with E-state index in [1.54, 1.807) is 28.7 Å². The second kappa shape index (κ2) is 6.43. The fourth-order valence-electron chi connectivity index (χ4n) is 2.39. The molecule has 4 rings (SSSR count). The van der Waals surface area contributed by atoms with E-state index in [0.29, 0.717) is 0 Å². The lowest BCUT2D eigenvalue weighted by Crippen LogP contribution is -2.08. The van der Waals surface area contributed by atoms with Crippen LogP contribution in [0.5, 0.6) is 0 Å². The quantitative estimate of drug-likeness (QED) is 0.538. The van der Waals surface area contributed by atoms with Crippen molar-refractivity contribution in [3.8, 4) is 11.3 Å². The van der Waals surface area contributed by atoms with Crippen molar-refractivity contribution in [1.82, 2.24) is 9.38 Å². The van der Waals surface area contributed by atoms with Crippen LogP contribution in [0.3, 0.4) is 0 Å². The van der Waals surface area contributed by atoms with Crippen LogP contribution >= 0.6 is 22.7 Å². The van der Waals surface area contributed by atoms with Crippen molar-refractivity contribution < 1.29 is 4.79 Å². The van der Waals surface area contributed by atoms with Crippen LogP contribution < -0.4 is 5.32 Å². The van der Waals surface area contributed by atoms with Crippen molar-refractivity contribution in [2.24, 2.45) is 0 Å². The van der Waals surface area contributed by atoms with Crippen molar-refractivity contribution in [1.29, 1.82) is 0 Å². The molecule has 1 aromatic carbocycles. The number of nitrogens with one attached hydrogen (secondary N) is 1. The Morgan fingerprint density at radius 1 is 1.12 bits per heavy atom. The van der Waals surface area contributed by atoms with E-state index in [1.165, 1.54) is 0 Å². The van der Waals surface area contributed by atoms with Gasteiger partial charge in [-0.25, -0.2) is 4.98 Å². The third kappa shape index (κ3) is 3.02. The fourth-order valence-corrected chi connectivity index (χ4v) is 3.71. The Morgan fingerprint density at radius 2 is 2.04 bits per heavy atom. The maximum Gasteiger partial charge on any atom is 0.248 e. The maximum atomic E-state index is 12.2. The lowest BCUT2D eigenvalue weighted by Gasteiger charge is -2.07. The summed E-state index contributed by atoms with van der Waals surface area (Å²) >= 11 is 3.18. The zero-order valence-electron chi connectivity index (χ0n) is 12.5. The lowest BCUT2D eigenvalue weighted by molar-refractivity contribution is -0.111. The summed E-state index contributed by atoms with van der Waals surface area (Å²) < 4.78 is 1.98. The van der Waals surface area contributed by atoms with E-state index in [1.807, 2.05) is 70.0 Å². The van der Waals surface area contributed by atoms with Crippen molar-refractivity contribution >= 4 is 45.3 Å². The molecule has 1 N–H and O–H groups in total. The molecule has 0 radical (unpaired) electrons. The second-order valence-electron chi connectivity index (χ2n) is 5.10. The number of thiophene rings is 1. The average Bonchev–Trinajstić information content (AvgIpc) is 3.30. The highest BCUT2D eigenvalue weighted by Gasteiger charge is 2.10. The molecule has 118 valence electrons. The zero-order valence-corrected chi connectivity index (χ0v) is 14.2. The van der Waals surface area contributed by atoms with Gasteiger partial charge in [-0.05, 0) is 23.6 Å². The van der Waals surface area contributed by atoms with Crippen LogP contribution in [0.25, 0.3) is 22.3 Å². The minimum absolute atomic E-state index is 0.156. The van der Waals surface area contributed by atoms with Crippen LogP contribution in [0, 0.1) is 0 Å². The molecule has 0 aliphatic heterocycles. The minimum Gasteiger partial charge on any atom is -0.322 e. The zero-order chi connectivity index (χ0) is 16.4. The average molecular weight is 351 g/mol. The normalized spacial score (nSPS) is 11.3. The number of anilines is 1. The summed E-state index contributed by atoms with van der Waals surface area (Å²) in [4.78, 5) is 18.8. The van der Waals surface area contributed by atoms with Gasteiger partial charge in [-0.15, -0.1) is 22.7 Å². The number of benzene rings is 1. The first-order chi connectivity index (χ1) is 11.8. The first-order valence-electron chi connectivity index (χ1n) is 7.34. The highest BCUT2D eigenvalue weighted by Crippen LogP contribution is 2.28. The van der Waals surface area contributed by atoms with Crippen LogP contribution in [-0.4, -0.2) is 15.3 Å². The standard InChI is InChI=1S/C18H13N3OS2/c22-17(8-7-13-4-3-10-23-13)19-15-6-2-1-5-14(15)16-12-21-9-11-24-18(21)20-16/h1-12H,(H,19,22)/b8-7+. The molecule has 3 aromatic heterocycles. The Hall–Kier alpha value is -2.70. The monoisotopic (exact) mass is 351 g/mol. The third-order valence-corrected chi connectivity index (χ3v) is 5.10.